The average molecular weight is 460 g/mol. The molecule has 0 unspecified atom stereocenters. The maximum atomic E-state index is 13.2. The predicted octanol–water partition coefficient (Wildman–Crippen LogP) is 5.60. The lowest BCUT2D eigenvalue weighted by Gasteiger charge is -2.16. The van der Waals surface area contributed by atoms with E-state index >= 15 is 0 Å². The van der Waals surface area contributed by atoms with E-state index in [1.807, 2.05) is 36.4 Å². The van der Waals surface area contributed by atoms with Crippen LogP contribution in [0.2, 0.25) is 5.02 Å². The maximum absolute atomic E-state index is 13.2. The van der Waals surface area contributed by atoms with Crippen molar-refractivity contribution in [2.75, 3.05) is 7.11 Å². The van der Waals surface area contributed by atoms with E-state index in [4.69, 9.17) is 21.1 Å². The number of para-hydroxylation sites is 1. The van der Waals surface area contributed by atoms with Gasteiger partial charge in [0.2, 0.25) is 0 Å². The first-order valence-corrected chi connectivity index (χ1v) is 8.88. The molecule has 2 aromatic carbocycles. The minimum Gasteiger partial charge on any atom is -0.493 e. The van der Waals surface area contributed by atoms with Crippen molar-refractivity contribution in [2.24, 2.45) is 0 Å². The number of nitrogens with zero attached hydrogens (tertiary/aromatic N) is 1. The van der Waals surface area contributed by atoms with Crippen molar-refractivity contribution >= 4 is 36.4 Å². The molecule has 1 N–H and O–H groups in total. The summed E-state index contributed by atoms with van der Waals surface area (Å²) in [7, 11) is 1.60. The zero-order chi connectivity index (χ0) is 19.1. The molecule has 1 aromatic heterocycles. The van der Waals surface area contributed by atoms with Crippen LogP contribution < -0.4 is 14.8 Å². The minimum atomic E-state index is -0.375. The lowest BCUT2D eigenvalue weighted by atomic mass is 10.1. The second-order valence-electron chi connectivity index (χ2n) is 5.90. The van der Waals surface area contributed by atoms with E-state index in [-0.39, 0.29) is 37.2 Å². The minimum absolute atomic E-state index is 0. The summed E-state index contributed by atoms with van der Waals surface area (Å²) in [5, 5.41) is 3.69. The Hall–Kier alpha value is -2.05. The molecule has 0 saturated heterocycles. The van der Waals surface area contributed by atoms with Gasteiger partial charge in [-0.25, -0.2) is 4.39 Å². The van der Waals surface area contributed by atoms with Crippen LogP contribution in [0.1, 0.15) is 16.8 Å². The van der Waals surface area contributed by atoms with Gasteiger partial charge in [0.1, 0.15) is 12.4 Å². The predicted molar refractivity (Wildman–Crippen MR) is 118 cm³/mol. The molecule has 3 aromatic rings. The highest BCUT2D eigenvalue weighted by Crippen LogP contribution is 2.32. The SMILES string of the molecule is COc1cccc(CNCc2ccccn2)c1OCc1ccc(F)cc1Cl.Cl.Cl. The van der Waals surface area contributed by atoms with Gasteiger partial charge in [-0.2, -0.15) is 0 Å². The van der Waals surface area contributed by atoms with Gasteiger partial charge in [-0.1, -0.05) is 35.9 Å². The number of hydrogen-bond acceptors (Lipinski definition) is 4. The summed E-state index contributed by atoms with van der Waals surface area (Å²) >= 11 is 6.09. The van der Waals surface area contributed by atoms with E-state index in [1.54, 1.807) is 19.4 Å². The highest BCUT2D eigenvalue weighted by atomic mass is 35.5. The number of methoxy groups -OCH3 is 1. The fraction of sp³-hybridized carbons (Fsp3) is 0.190. The number of aromatic nitrogens is 1. The van der Waals surface area contributed by atoms with Crippen LogP contribution in [0.25, 0.3) is 0 Å². The van der Waals surface area contributed by atoms with Crippen molar-refractivity contribution < 1.29 is 13.9 Å². The molecule has 0 fully saturated rings. The summed E-state index contributed by atoms with van der Waals surface area (Å²) < 4.78 is 24.6. The van der Waals surface area contributed by atoms with Gasteiger partial charge in [0.05, 0.1) is 17.8 Å². The number of benzene rings is 2. The third kappa shape index (κ3) is 7.05. The highest BCUT2D eigenvalue weighted by Gasteiger charge is 2.12. The number of hydrogen-bond donors (Lipinski definition) is 1. The summed E-state index contributed by atoms with van der Waals surface area (Å²) in [4.78, 5) is 4.30. The molecule has 0 aliphatic carbocycles. The molecule has 0 saturated carbocycles. The second-order valence-corrected chi connectivity index (χ2v) is 6.30. The maximum Gasteiger partial charge on any atom is 0.166 e. The van der Waals surface area contributed by atoms with Gasteiger partial charge in [0.25, 0.3) is 0 Å². The summed E-state index contributed by atoms with van der Waals surface area (Å²) in [6.07, 6.45) is 1.77. The van der Waals surface area contributed by atoms with E-state index in [1.165, 1.54) is 12.1 Å². The molecule has 0 atom stereocenters. The molecule has 29 heavy (non-hydrogen) atoms. The van der Waals surface area contributed by atoms with Crippen molar-refractivity contribution in [3.8, 4) is 11.5 Å². The van der Waals surface area contributed by atoms with Gasteiger partial charge in [-0.05, 0) is 30.3 Å². The summed E-state index contributed by atoms with van der Waals surface area (Å²) in [5.74, 6) is 0.889. The smallest absolute Gasteiger partial charge is 0.166 e. The molecule has 0 bridgehead atoms. The standard InChI is InChI=1S/C21H20ClFN2O2.2ClH/c1-26-20-7-4-5-15(12-24-13-18-6-2-3-10-25-18)21(20)27-14-16-8-9-17(23)11-19(16)22;;/h2-11,24H,12-14H2,1H3;2*1H. The molecular formula is C21H22Cl3FN2O2. The Bertz CT molecular complexity index is 898. The van der Waals surface area contributed by atoms with Crippen molar-refractivity contribution in [1.82, 2.24) is 10.3 Å². The van der Waals surface area contributed by atoms with Gasteiger partial charge in [0.15, 0.2) is 11.5 Å². The fourth-order valence-electron chi connectivity index (χ4n) is 2.64. The molecule has 0 aliphatic rings. The Morgan fingerprint density at radius 2 is 1.83 bits per heavy atom. The van der Waals surface area contributed by atoms with Crippen molar-refractivity contribution in [3.05, 3.63) is 88.5 Å². The zero-order valence-corrected chi connectivity index (χ0v) is 18.1. The average Bonchev–Trinajstić information content (AvgIpc) is 2.68. The Morgan fingerprint density at radius 3 is 2.52 bits per heavy atom. The number of rotatable bonds is 8. The zero-order valence-electron chi connectivity index (χ0n) is 15.7. The molecule has 156 valence electrons. The Morgan fingerprint density at radius 1 is 1.00 bits per heavy atom. The van der Waals surface area contributed by atoms with Crippen LogP contribution in [0.15, 0.2) is 60.8 Å². The molecular weight excluding hydrogens is 438 g/mol. The Labute approximate surface area is 187 Å². The van der Waals surface area contributed by atoms with Crippen LogP contribution in [0.4, 0.5) is 4.39 Å². The van der Waals surface area contributed by atoms with E-state index in [0.29, 0.717) is 35.2 Å². The van der Waals surface area contributed by atoms with Gasteiger partial charge in [0, 0.05) is 30.4 Å². The van der Waals surface area contributed by atoms with E-state index in [9.17, 15) is 4.39 Å². The largest absolute Gasteiger partial charge is 0.493 e. The molecule has 3 rings (SSSR count). The normalized spacial score (nSPS) is 9.90. The van der Waals surface area contributed by atoms with Crippen LogP contribution in [0.5, 0.6) is 11.5 Å². The van der Waals surface area contributed by atoms with Crippen LogP contribution >= 0.6 is 36.4 Å². The second kappa shape index (κ2) is 12.5. The van der Waals surface area contributed by atoms with Crippen LogP contribution in [-0.2, 0) is 19.7 Å². The van der Waals surface area contributed by atoms with E-state index < -0.39 is 0 Å². The molecule has 0 radical (unpaired) electrons. The summed E-state index contributed by atoms with van der Waals surface area (Å²) in [6.45, 7) is 1.44. The van der Waals surface area contributed by atoms with Crippen molar-refractivity contribution in [2.45, 2.75) is 19.7 Å². The van der Waals surface area contributed by atoms with Gasteiger partial charge < -0.3 is 14.8 Å². The Balaban J connectivity index is 0.00000210. The quantitative estimate of drug-likeness (QED) is 0.476. The number of halogens is 4. The topological polar surface area (TPSA) is 43.4 Å². The first-order valence-electron chi connectivity index (χ1n) is 8.50. The third-order valence-corrected chi connectivity index (χ3v) is 4.37. The van der Waals surface area contributed by atoms with Crippen LogP contribution in [0.3, 0.4) is 0 Å². The molecule has 4 nitrogen and oxygen atoms in total. The van der Waals surface area contributed by atoms with E-state index in [2.05, 4.69) is 10.3 Å². The first-order chi connectivity index (χ1) is 13.2. The molecule has 0 spiro atoms. The third-order valence-electron chi connectivity index (χ3n) is 4.02. The van der Waals surface area contributed by atoms with Crippen LogP contribution in [-0.4, -0.2) is 12.1 Å². The first kappa shape index (κ1) is 25.0. The molecule has 0 aliphatic heterocycles. The van der Waals surface area contributed by atoms with Crippen LogP contribution in [0, 0.1) is 5.82 Å². The van der Waals surface area contributed by atoms with Gasteiger partial charge >= 0.3 is 0 Å². The molecule has 0 amide bonds. The highest BCUT2D eigenvalue weighted by molar-refractivity contribution is 6.31. The van der Waals surface area contributed by atoms with Gasteiger partial charge in [-0.15, -0.1) is 24.8 Å². The van der Waals surface area contributed by atoms with Gasteiger partial charge in [-0.3, -0.25) is 4.98 Å². The Kier molecular flexibility index (Phi) is 10.8. The van der Waals surface area contributed by atoms with Crippen molar-refractivity contribution in [3.63, 3.8) is 0 Å². The number of ether oxygens (including phenoxy) is 2. The van der Waals surface area contributed by atoms with E-state index in [0.717, 1.165) is 11.3 Å². The lowest BCUT2D eigenvalue weighted by molar-refractivity contribution is 0.280. The summed E-state index contributed by atoms with van der Waals surface area (Å²) in [6, 6.07) is 15.8. The summed E-state index contributed by atoms with van der Waals surface area (Å²) in [5.41, 5.74) is 2.61. The molecule has 8 heteroatoms. The lowest BCUT2D eigenvalue weighted by Crippen LogP contribution is -2.14. The van der Waals surface area contributed by atoms with Crippen molar-refractivity contribution in [1.29, 1.82) is 0 Å². The number of pyridine rings is 1. The fourth-order valence-corrected chi connectivity index (χ4v) is 2.86. The molecule has 1 heterocycles. The number of nitrogens with one attached hydrogen (secondary N) is 1. The monoisotopic (exact) mass is 458 g/mol.